The van der Waals surface area contributed by atoms with Crippen molar-refractivity contribution in [2.75, 3.05) is 0 Å². The first kappa shape index (κ1) is 7.76. The molecule has 0 heterocycles. The average molecular weight is 203 g/mol. The Morgan fingerprint density at radius 2 is 2.20 bits per heavy atom. The molecule has 1 rings (SSSR count). The molecule has 4 heteroatoms. The molecule has 0 amide bonds. The van der Waals surface area contributed by atoms with Crippen molar-refractivity contribution in [2.24, 2.45) is 0 Å². The van der Waals surface area contributed by atoms with Gasteiger partial charge in [-0.2, -0.15) is 0 Å². The quantitative estimate of drug-likeness (QED) is 0.660. The molecule has 0 saturated heterocycles. The fraction of sp³-hybridized carbons (Fsp3) is 0. The molecule has 0 unspecified atom stereocenters. The van der Waals surface area contributed by atoms with E-state index in [-0.39, 0.29) is 13.3 Å². The molecule has 1 nitrogen and oxygen atoms in total. The van der Waals surface area contributed by atoms with Gasteiger partial charge in [-0.25, -0.2) is 4.39 Å². The van der Waals surface area contributed by atoms with Crippen molar-refractivity contribution in [3.05, 3.63) is 28.5 Å². The molecule has 0 atom stereocenters. The summed E-state index contributed by atoms with van der Waals surface area (Å²) in [6, 6.07) is 4.81. The molecule has 0 aliphatic heterocycles. The van der Waals surface area contributed by atoms with Gasteiger partial charge in [-0.3, -0.25) is 0 Å². The summed E-state index contributed by atoms with van der Waals surface area (Å²) >= 11 is 3.00. The van der Waals surface area contributed by atoms with Gasteiger partial charge in [0.05, 0.1) is 4.47 Å². The molecule has 0 fully saturated rings. The fourth-order valence-corrected chi connectivity index (χ4v) is 1.08. The molecule has 52 valence electrons. The van der Waals surface area contributed by atoms with Crippen molar-refractivity contribution < 1.29 is 9.41 Å². The molecule has 0 bridgehead atoms. The van der Waals surface area contributed by atoms with Gasteiger partial charge < -0.3 is 5.02 Å². The van der Waals surface area contributed by atoms with Gasteiger partial charge in [-0.05, 0) is 27.5 Å². The highest BCUT2D eigenvalue weighted by molar-refractivity contribution is 9.10. The average Bonchev–Trinajstić information content (AvgIpc) is 1.95. The van der Waals surface area contributed by atoms with Gasteiger partial charge in [0.1, 0.15) is 5.82 Å². The van der Waals surface area contributed by atoms with Crippen LogP contribution in [-0.4, -0.2) is 12.5 Å². The van der Waals surface area contributed by atoms with Gasteiger partial charge in [0.15, 0.2) is 0 Å². The summed E-state index contributed by atoms with van der Waals surface area (Å²) in [5.74, 6) is -0.384. The number of hydrogen-bond donors (Lipinski definition) is 1. The number of hydrogen-bond acceptors (Lipinski definition) is 1. The van der Waals surface area contributed by atoms with Crippen LogP contribution in [0.25, 0.3) is 0 Å². The minimum atomic E-state index is -0.384. The second kappa shape index (κ2) is 3.17. The topological polar surface area (TPSA) is 20.2 Å². The van der Waals surface area contributed by atoms with Crippen LogP contribution in [0.1, 0.15) is 0 Å². The highest BCUT2D eigenvalue weighted by atomic mass is 79.9. The Bertz CT molecular complexity index is 241. The summed E-state index contributed by atoms with van der Waals surface area (Å²) in [6.45, 7) is 0. The first-order chi connectivity index (χ1) is 4.75. The van der Waals surface area contributed by atoms with Gasteiger partial charge in [-0.15, -0.1) is 0 Å². The van der Waals surface area contributed by atoms with E-state index in [0.29, 0.717) is 9.94 Å². The highest BCUT2D eigenvalue weighted by Gasteiger charge is 2.03. The third-order valence-corrected chi connectivity index (χ3v) is 1.81. The van der Waals surface area contributed by atoms with Gasteiger partial charge >= 0.3 is 7.48 Å². The van der Waals surface area contributed by atoms with Crippen LogP contribution in [0.4, 0.5) is 4.39 Å². The SMILES string of the molecule is OBc1cccc(Br)c1F. The molecule has 0 saturated carbocycles. The third-order valence-electron chi connectivity index (χ3n) is 1.20. The second-order valence-corrected chi connectivity index (χ2v) is 2.73. The predicted molar refractivity (Wildman–Crippen MR) is 43.1 cm³/mol. The second-order valence-electron chi connectivity index (χ2n) is 1.87. The van der Waals surface area contributed by atoms with E-state index in [1.165, 1.54) is 0 Å². The molecular weight excluding hydrogens is 198 g/mol. The minimum absolute atomic E-state index is 0.259. The largest absolute Gasteiger partial charge is 0.449 e. The maximum atomic E-state index is 12.8. The molecule has 1 aromatic carbocycles. The Hall–Kier alpha value is -0.345. The van der Waals surface area contributed by atoms with Crippen LogP contribution >= 0.6 is 15.9 Å². The monoisotopic (exact) mass is 202 g/mol. The fourth-order valence-electron chi connectivity index (χ4n) is 0.671. The summed E-state index contributed by atoms with van der Waals surface area (Å²) in [5, 5.41) is 8.58. The van der Waals surface area contributed by atoms with Crippen LogP contribution in [0.3, 0.4) is 0 Å². The molecule has 0 radical (unpaired) electrons. The highest BCUT2D eigenvalue weighted by Crippen LogP contribution is 2.10. The summed E-state index contributed by atoms with van der Waals surface area (Å²) in [7, 11) is -0.259. The Morgan fingerprint density at radius 3 is 2.70 bits per heavy atom. The van der Waals surface area contributed by atoms with Gasteiger partial charge in [-0.1, -0.05) is 12.1 Å². The lowest BCUT2D eigenvalue weighted by Gasteiger charge is -1.97. The summed E-state index contributed by atoms with van der Waals surface area (Å²) in [6.07, 6.45) is 0. The minimum Gasteiger partial charge on any atom is -0.449 e. The normalized spacial score (nSPS) is 9.50. The van der Waals surface area contributed by atoms with Crippen molar-refractivity contribution in [3.8, 4) is 0 Å². The lowest BCUT2D eigenvalue weighted by atomic mass is 9.88. The van der Waals surface area contributed by atoms with E-state index in [9.17, 15) is 4.39 Å². The van der Waals surface area contributed by atoms with Crippen LogP contribution in [0.2, 0.25) is 0 Å². The molecule has 1 aromatic rings. The van der Waals surface area contributed by atoms with E-state index < -0.39 is 0 Å². The van der Waals surface area contributed by atoms with Gasteiger partial charge in [0, 0.05) is 0 Å². The van der Waals surface area contributed by atoms with Crippen molar-refractivity contribution in [1.29, 1.82) is 0 Å². The van der Waals surface area contributed by atoms with E-state index in [0.717, 1.165) is 0 Å². The first-order valence-electron chi connectivity index (χ1n) is 2.79. The predicted octanol–water partition coefficient (Wildman–Crippen LogP) is 0.557. The van der Waals surface area contributed by atoms with Crippen LogP contribution in [0.15, 0.2) is 22.7 Å². The standard InChI is InChI=1S/C6H5BBrFO/c8-5-3-1-2-4(7-10)6(5)9/h1-3,7,10H. The van der Waals surface area contributed by atoms with E-state index in [1.54, 1.807) is 18.2 Å². The zero-order valence-corrected chi connectivity index (χ0v) is 6.73. The van der Waals surface area contributed by atoms with E-state index in [1.807, 2.05) is 0 Å². The van der Waals surface area contributed by atoms with Crippen LogP contribution < -0.4 is 5.46 Å². The molecule has 1 N–H and O–H groups in total. The van der Waals surface area contributed by atoms with Crippen molar-refractivity contribution >= 4 is 28.9 Å². The zero-order valence-electron chi connectivity index (χ0n) is 5.14. The summed E-state index contributed by atoms with van der Waals surface area (Å²) in [5.41, 5.74) is 0.314. The summed E-state index contributed by atoms with van der Waals surface area (Å²) in [4.78, 5) is 0. The van der Waals surface area contributed by atoms with Crippen LogP contribution in [0.5, 0.6) is 0 Å². The van der Waals surface area contributed by atoms with Crippen molar-refractivity contribution in [3.63, 3.8) is 0 Å². The smallest absolute Gasteiger partial charge is 0.307 e. The summed E-state index contributed by atoms with van der Waals surface area (Å²) < 4.78 is 13.2. The first-order valence-corrected chi connectivity index (χ1v) is 3.58. The molecule has 10 heavy (non-hydrogen) atoms. The van der Waals surface area contributed by atoms with Crippen LogP contribution in [-0.2, 0) is 0 Å². The lowest BCUT2D eigenvalue weighted by molar-refractivity contribution is 0.600. The Kier molecular flexibility index (Phi) is 2.46. The van der Waals surface area contributed by atoms with E-state index in [2.05, 4.69) is 15.9 Å². The molecule has 0 spiro atoms. The number of rotatable bonds is 1. The molecule has 0 aromatic heterocycles. The van der Waals surface area contributed by atoms with E-state index >= 15 is 0 Å². The molecular formula is C6H5BBrFO. The maximum absolute atomic E-state index is 12.8. The Labute approximate surface area is 67.3 Å². The van der Waals surface area contributed by atoms with E-state index in [4.69, 9.17) is 5.02 Å². The van der Waals surface area contributed by atoms with Crippen molar-refractivity contribution in [1.82, 2.24) is 0 Å². The van der Waals surface area contributed by atoms with Crippen molar-refractivity contribution in [2.45, 2.75) is 0 Å². The number of benzene rings is 1. The van der Waals surface area contributed by atoms with Crippen LogP contribution in [0, 0.1) is 5.82 Å². The Morgan fingerprint density at radius 1 is 1.50 bits per heavy atom. The third kappa shape index (κ3) is 1.38. The Balaban J connectivity index is 3.14. The maximum Gasteiger partial charge on any atom is 0.307 e. The van der Waals surface area contributed by atoms with Gasteiger partial charge in [0.25, 0.3) is 0 Å². The molecule has 0 aliphatic rings. The van der Waals surface area contributed by atoms with Gasteiger partial charge in [0.2, 0.25) is 0 Å². The number of halogens is 2. The lowest BCUT2D eigenvalue weighted by Crippen LogP contribution is -2.17. The molecule has 0 aliphatic carbocycles. The zero-order chi connectivity index (χ0) is 7.56.